The number of carbonyl (C=O) groups excluding carboxylic acids is 2. The van der Waals surface area contributed by atoms with E-state index in [2.05, 4.69) is 5.32 Å². The van der Waals surface area contributed by atoms with E-state index < -0.39 is 6.04 Å². The number of rotatable bonds is 10. The van der Waals surface area contributed by atoms with Crippen LogP contribution in [0, 0.1) is 5.92 Å². The third-order valence-corrected chi connectivity index (χ3v) is 6.72. The highest BCUT2D eigenvalue weighted by atomic mass is 35.5. The summed E-state index contributed by atoms with van der Waals surface area (Å²) in [6.07, 6.45) is 0.322. The molecule has 0 radical (unpaired) electrons. The number of benzene rings is 3. The van der Waals surface area contributed by atoms with Gasteiger partial charge in [0.25, 0.3) is 0 Å². The molecule has 0 heterocycles. The van der Waals surface area contributed by atoms with E-state index in [-0.39, 0.29) is 30.7 Å². The van der Waals surface area contributed by atoms with Crippen molar-refractivity contribution in [3.8, 4) is 0 Å². The Morgan fingerprint density at radius 3 is 2.06 bits per heavy atom. The third-order valence-electron chi connectivity index (χ3n) is 5.64. The van der Waals surface area contributed by atoms with Gasteiger partial charge in [-0.1, -0.05) is 103 Å². The van der Waals surface area contributed by atoms with Crippen molar-refractivity contribution in [1.29, 1.82) is 0 Å². The third kappa shape index (κ3) is 7.73. The van der Waals surface area contributed by atoms with Crippen LogP contribution in [0.1, 0.15) is 30.5 Å². The zero-order valence-corrected chi connectivity index (χ0v) is 22.1. The minimum Gasteiger partial charge on any atom is -0.354 e. The van der Waals surface area contributed by atoms with E-state index in [4.69, 9.17) is 34.8 Å². The summed E-state index contributed by atoms with van der Waals surface area (Å²) in [6.45, 7) is 4.73. The molecular formula is C28H29Cl3N2O2. The van der Waals surface area contributed by atoms with Crippen molar-refractivity contribution in [2.45, 2.75) is 39.3 Å². The first-order valence-corrected chi connectivity index (χ1v) is 12.7. The fraction of sp³-hybridized carbons (Fsp3) is 0.286. The maximum absolute atomic E-state index is 13.8. The molecule has 0 bridgehead atoms. The Morgan fingerprint density at radius 2 is 1.43 bits per heavy atom. The highest BCUT2D eigenvalue weighted by Crippen LogP contribution is 2.27. The highest BCUT2D eigenvalue weighted by molar-refractivity contribution is 6.36. The van der Waals surface area contributed by atoms with Gasteiger partial charge in [0, 0.05) is 34.6 Å². The molecule has 7 heteroatoms. The standard InChI is InChI=1S/C28H29Cl3N2O2/c1-19(2)17-32-28(35)26(15-20-9-4-3-5-10-20)33(18-21-11-6-7-12-23(21)29)27(34)16-22-24(30)13-8-14-25(22)31/h3-14,19,26H,15-18H2,1-2H3,(H,32,35). The van der Waals surface area contributed by atoms with Crippen molar-refractivity contribution in [3.05, 3.63) is 105 Å². The molecule has 35 heavy (non-hydrogen) atoms. The van der Waals surface area contributed by atoms with Crippen molar-refractivity contribution in [3.63, 3.8) is 0 Å². The number of hydrogen-bond donors (Lipinski definition) is 1. The second-order valence-electron chi connectivity index (χ2n) is 8.83. The van der Waals surface area contributed by atoms with Crippen LogP contribution >= 0.6 is 34.8 Å². The van der Waals surface area contributed by atoms with Crippen molar-refractivity contribution < 1.29 is 9.59 Å². The number of nitrogens with one attached hydrogen (secondary N) is 1. The van der Waals surface area contributed by atoms with Crippen LogP contribution in [0.4, 0.5) is 0 Å². The summed E-state index contributed by atoms with van der Waals surface area (Å²) in [7, 11) is 0. The summed E-state index contributed by atoms with van der Waals surface area (Å²) in [5.74, 6) is -0.209. The Balaban J connectivity index is 2.01. The maximum Gasteiger partial charge on any atom is 0.243 e. The largest absolute Gasteiger partial charge is 0.354 e. The molecule has 1 unspecified atom stereocenters. The van der Waals surface area contributed by atoms with Crippen LogP contribution in [0.2, 0.25) is 15.1 Å². The lowest BCUT2D eigenvalue weighted by atomic mass is 10.0. The quantitative estimate of drug-likeness (QED) is 0.320. The summed E-state index contributed by atoms with van der Waals surface area (Å²) in [5.41, 5.74) is 2.23. The van der Waals surface area contributed by atoms with Gasteiger partial charge in [0.2, 0.25) is 11.8 Å². The van der Waals surface area contributed by atoms with Gasteiger partial charge in [0.1, 0.15) is 6.04 Å². The van der Waals surface area contributed by atoms with Crippen LogP contribution < -0.4 is 5.32 Å². The Labute approximate surface area is 222 Å². The Morgan fingerprint density at radius 1 is 0.829 bits per heavy atom. The minimum absolute atomic E-state index is 0.0360. The molecule has 0 aromatic heterocycles. The Bertz CT molecular complexity index is 1130. The van der Waals surface area contributed by atoms with Crippen molar-refractivity contribution in [1.82, 2.24) is 10.2 Å². The summed E-state index contributed by atoms with van der Waals surface area (Å²) in [4.78, 5) is 28.8. The van der Waals surface area contributed by atoms with E-state index in [0.717, 1.165) is 11.1 Å². The fourth-order valence-electron chi connectivity index (χ4n) is 3.74. The summed E-state index contributed by atoms with van der Waals surface area (Å²) in [6, 6.07) is 21.4. The predicted molar refractivity (Wildman–Crippen MR) is 144 cm³/mol. The molecule has 0 fully saturated rings. The molecule has 0 aliphatic carbocycles. The van der Waals surface area contributed by atoms with Gasteiger partial charge in [0.15, 0.2) is 0 Å². The van der Waals surface area contributed by atoms with Gasteiger partial charge >= 0.3 is 0 Å². The van der Waals surface area contributed by atoms with Gasteiger partial charge in [-0.25, -0.2) is 0 Å². The van der Waals surface area contributed by atoms with Gasteiger partial charge in [-0.15, -0.1) is 0 Å². The molecule has 1 N–H and O–H groups in total. The van der Waals surface area contributed by atoms with Crippen LogP contribution in [0.25, 0.3) is 0 Å². The average Bonchev–Trinajstić information content (AvgIpc) is 2.83. The van der Waals surface area contributed by atoms with E-state index in [9.17, 15) is 9.59 Å². The van der Waals surface area contributed by atoms with Crippen molar-refractivity contribution in [2.24, 2.45) is 5.92 Å². The lowest BCUT2D eigenvalue weighted by Gasteiger charge is -2.32. The van der Waals surface area contributed by atoms with Crippen LogP contribution in [0.15, 0.2) is 72.8 Å². The predicted octanol–water partition coefficient (Wildman–Crippen LogP) is 6.60. The van der Waals surface area contributed by atoms with Crippen LogP contribution in [-0.2, 0) is 29.0 Å². The van der Waals surface area contributed by atoms with E-state index >= 15 is 0 Å². The number of nitrogens with zero attached hydrogens (tertiary/aromatic N) is 1. The zero-order valence-electron chi connectivity index (χ0n) is 19.8. The van der Waals surface area contributed by atoms with Gasteiger partial charge in [0.05, 0.1) is 6.42 Å². The molecule has 0 spiro atoms. The van der Waals surface area contributed by atoms with Crippen molar-refractivity contribution >= 4 is 46.6 Å². The van der Waals surface area contributed by atoms with Crippen LogP contribution in [0.5, 0.6) is 0 Å². The fourth-order valence-corrected chi connectivity index (χ4v) is 4.47. The van der Waals surface area contributed by atoms with Crippen LogP contribution in [0.3, 0.4) is 0 Å². The molecule has 0 saturated heterocycles. The van der Waals surface area contributed by atoms with E-state index in [1.54, 1.807) is 29.2 Å². The highest BCUT2D eigenvalue weighted by Gasteiger charge is 2.31. The zero-order chi connectivity index (χ0) is 25.4. The molecule has 4 nitrogen and oxygen atoms in total. The molecule has 0 aliphatic heterocycles. The Hall–Kier alpha value is -2.53. The maximum atomic E-state index is 13.8. The van der Waals surface area contributed by atoms with Gasteiger partial charge in [-0.05, 0) is 40.8 Å². The van der Waals surface area contributed by atoms with Crippen LogP contribution in [-0.4, -0.2) is 29.3 Å². The first-order valence-electron chi connectivity index (χ1n) is 11.5. The molecule has 184 valence electrons. The normalized spacial score (nSPS) is 11.8. The second-order valence-corrected chi connectivity index (χ2v) is 10.1. The molecule has 3 aromatic carbocycles. The lowest BCUT2D eigenvalue weighted by Crippen LogP contribution is -2.51. The van der Waals surface area contributed by atoms with Crippen molar-refractivity contribution in [2.75, 3.05) is 6.54 Å². The first-order chi connectivity index (χ1) is 16.8. The second kappa shape index (κ2) is 13.0. The number of halogens is 3. The number of amides is 2. The number of hydrogen-bond acceptors (Lipinski definition) is 2. The topological polar surface area (TPSA) is 49.4 Å². The first kappa shape index (κ1) is 27.1. The molecule has 3 aromatic rings. The molecular weight excluding hydrogens is 503 g/mol. The molecule has 3 rings (SSSR count). The average molecular weight is 532 g/mol. The van der Waals surface area contributed by atoms with Gasteiger partial charge < -0.3 is 10.2 Å². The van der Waals surface area contributed by atoms with Gasteiger partial charge in [-0.2, -0.15) is 0 Å². The summed E-state index contributed by atoms with van der Waals surface area (Å²) in [5, 5.41) is 4.36. The van der Waals surface area contributed by atoms with Gasteiger partial charge in [-0.3, -0.25) is 9.59 Å². The smallest absolute Gasteiger partial charge is 0.243 e. The lowest BCUT2D eigenvalue weighted by molar-refractivity contribution is -0.140. The Kier molecular flexibility index (Phi) is 10.0. The van der Waals surface area contributed by atoms with E-state index in [0.29, 0.717) is 33.6 Å². The summed E-state index contributed by atoms with van der Waals surface area (Å²) < 4.78 is 0. The summed E-state index contributed by atoms with van der Waals surface area (Å²) >= 11 is 19.2. The molecule has 1 atom stereocenters. The molecule has 0 aliphatic rings. The monoisotopic (exact) mass is 530 g/mol. The van der Waals surface area contributed by atoms with E-state index in [1.165, 1.54) is 0 Å². The molecule has 2 amide bonds. The van der Waals surface area contributed by atoms with E-state index in [1.807, 2.05) is 62.4 Å². The minimum atomic E-state index is -0.749. The number of carbonyl (C=O) groups is 2. The SMILES string of the molecule is CC(C)CNC(=O)C(Cc1ccccc1)N(Cc1ccccc1Cl)C(=O)Cc1c(Cl)cccc1Cl. The molecule has 0 saturated carbocycles.